The fourth-order valence-electron chi connectivity index (χ4n) is 5.49. The van der Waals surface area contributed by atoms with Crippen LogP contribution in [0.3, 0.4) is 0 Å². The number of amides is 2. The van der Waals surface area contributed by atoms with Gasteiger partial charge in [-0.05, 0) is 60.6 Å². The van der Waals surface area contributed by atoms with Crippen LogP contribution in [0.15, 0.2) is 78.9 Å². The van der Waals surface area contributed by atoms with E-state index in [2.05, 4.69) is 28.4 Å². The van der Waals surface area contributed by atoms with Crippen molar-refractivity contribution in [3.05, 3.63) is 101 Å². The molecule has 5 nitrogen and oxygen atoms in total. The summed E-state index contributed by atoms with van der Waals surface area (Å²) in [7, 11) is 0. The average molecular weight is 483 g/mol. The molecule has 5 heteroatoms. The Kier molecular flexibility index (Phi) is 7.36. The molecule has 1 saturated carbocycles. The van der Waals surface area contributed by atoms with E-state index in [9.17, 15) is 9.59 Å². The molecule has 186 valence electrons. The maximum Gasteiger partial charge on any atom is 0.261 e. The molecule has 1 aliphatic carbocycles. The second-order valence-electron chi connectivity index (χ2n) is 9.90. The summed E-state index contributed by atoms with van der Waals surface area (Å²) in [5.74, 6) is 0.888. The van der Waals surface area contributed by atoms with Gasteiger partial charge >= 0.3 is 0 Å². The monoisotopic (exact) mass is 482 g/mol. The standard InChI is InChI=1S/C31H34N2O3/c1-22(30(34)32-21-23-10-4-2-5-11-23)36-27-17-16-24-18-19-33(31(35)26-14-8-9-15-26)29(28(24)20-27)25-12-6-3-7-13-25/h2-7,10-13,16-17,20,22,26,29H,8-9,14-15,18-19,21H2,1H3,(H,32,34)/t22-,29+/m1/s1. The van der Waals surface area contributed by atoms with Gasteiger partial charge in [0.1, 0.15) is 5.75 Å². The Labute approximate surface area is 213 Å². The fraction of sp³-hybridized carbons (Fsp3) is 0.355. The van der Waals surface area contributed by atoms with Gasteiger partial charge in [0.2, 0.25) is 5.91 Å². The molecule has 1 fully saturated rings. The topological polar surface area (TPSA) is 58.6 Å². The Morgan fingerprint density at radius 2 is 1.67 bits per heavy atom. The average Bonchev–Trinajstić information content (AvgIpc) is 3.47. The van der Waals surface area contributed by atoms with Crippen molar-refractivity contribution in [1.29, 1.82) is 0 Å². The number of ether oxygens (including phenoxy) is 1. The SMILES string of the molecule is C[C@@H](Oc1ccc2c(c1)[C@H](c1ccccc1)N(C(=O)C1CCCC1)CC2)C(=O)NCc1ccccc1. The largest absolute Gasteiger partial charge is 0.481 e. The predicted octanol–water partition coefficient (Wildman–Crippen LogP) is 5.43. The van der Waals surface area contributed by atoms with Gasteiger partial charge in [0.15, 0.2) is 6.10 Å². The lowest BCUT2D eigenvalue weighted by atomic mass is 9.87. The first kappa shape index (κ1) is 24.1. The van der Waals surface area contributed by atoms with Crippen LogP contribution in [0.4, 0.5) is 0 Å². The smallest absolute Gasteiger partial charge is 0.261 e. The highest BCUT2D eigenvalue weighted by Crippen LogP contribution is 2.39. The van der Waals surface area contributed by atoms with Crippen molar-refractivity contribution in [2.75, 3.05) is 6.54 Å². The molecular weight excluding hydrogens is 448 g/mol. The minimum atomic E-state index is -0.637. The van der Waals surface area contributed by atoms with Gasteiger partial charge in [-0.1, -0.05) is 79.6 Å². The predicted molar refractivity (Wildman–Crippen MR) is 140 cm³/mol. The Hall–Kier alpha value is -3.60. The molecular formula is C31H34N2O3. The molecule has 3 aromatic rings. The summed E-state index contributed by atoms with van der Waals surface area (Å²) < 4.78 is 6.09. The van der Waals surface area contributed by atoms with Crippen LogP contribution in [-0.2, 0) is 22.6 Å². The van der Waals surface area contributed by atoms with Crippen LogP contribution in [0.25, 0.3) is 0 Å². The summed E-state index contributed by atoms with van der Waals surface area (Å²) in [4.78, 5) is 28.3. The van der Waals surface area contributed by atoms with E-state index < -0.39 is 6.10 Å². The van der Waals surface area contributed by atoms with Crippen molar-refractivity contribution in [3.63, 3.8) is 0 Å². The van der Waals surface area contributed by atoms with Crippen LogP contribution in [0.5, 0.6) is 5.75 Å². The normalized spacial score (nSPS) is 18.4. The van der Waals surface area contributed by atoms with Crippen molar-refractivity contribution >= 4 is 11.8 Å². The molecule has 0 bridgehead atoms. The molecule has 5 rings (SSSR count). The first-order chi connectivity index (χ1) is 17.6. The summed E-state index contributed by atoms with van der Waals surface area (Å²) in [6, 6.07) is 26.0. The Morgan fingerprint density at radius 3 is 2.39 bits per heavy atom. The quantitative estimate of drug-likeness (QED) is 0.488. The van der Waals surface area contributed by atoms with E-state index in [1.165, 1.54) is 5.56 Å². The van der Waals surface area contributed by atoms with Crippen LogP contribution in [0, 0.1) is 5.92 Å². The second kappa shape index (κ2) is 11.0. The van der Waals surface area contributed by atoms with Crippen molar-refractivity contribution in [3.8, 4) is 5.75 Å². The lowest BCUT2D eigenvalue weighted by Crippen LogP contribution is -2.43. The van der Waals surface area contributed by atoms with Gasteiger partial charge in [0.05, 0.1) is 6.04 Å². The van der Waals surface area contributed by atoms with E-state index in [0.717, 1.165) is 55.3 Å². The summed E-state index contributed by atoms with van der Waals surface area (Å²) in [6.07, 6.45) is 4.44. The van der Waals surface area contributed by atoms with Gasteiger partial charge in [-0.15, -0.1) is 0 Å². The molecule has 36 heavy (non-hydrogen) atoms. The number of hydrogen-bond acceptors (Lipinski definition) is 3. The number of carbonyl (C=O) groups is 2. The first-order valence-corrected chi connectivity index (χ1v) is 13.1. The van der Waals surface area contributed by atoms with E-state index in [-0.39, 0.29) is 23.8 Å². The number of carbonyl (C=O) groups excluding carboxylic acids is 2. The van der Waals surface area contributed by atoms with E-state index in [4.69, 9.17) is 4.74 Å². The molecule has 3 aromatic carbocycles. The van der Waals surface area contributed by atoms with Crippen molar-refractivity contribution < 1.29 is 14.3 Å². The molecule has 2 atom stereocenters. The molecule has 1 aliphatic heterocycles. The van der Waals surface area contributed by atoms with Crippen molar-refractivity contribution in [2.24, 2.45) is 5.92 Å². The second-order valence-corrected chi connectivity index (χ2v) is 9.90. The van der Waals surface area contributed by atoms with E-state index >= 15 is 0 Å². The molecule has 0 unspecified atom stereocenters. The zero-order valence-corrected chi connectivity index (χ0v) is 20.9. The molecule has 2 aliphatic rings. The van der Waals surface area contributed by atoms with Gasteiger partial charge in [-0.25, -0.2) is 0 Å². The molecule has 0 saturated heterocycles. The highest BCUT2D eigenvalue weighted by Gasteiger charge is 2.36. The van der Waals surface area contributed by atoms with E-state index in [0.29, 0.717) is 12.3 Å². The van der Waals surface area contributed by atoms with Gasteiger partial charge in [0.25, 0.3) is 5.91 Å². The lowest BCUT2D eigenvalue weighted by molar-refractivity contribution is -0.137. The highest BCUT2D eigenvalue weighted by molar-refractivity contribution is 5.81. The van der Waals surface area contributed by atoms with Gasteiger partial charge in [0, 0.05) is 19.0 Å². The Balaban J connectivity index is 1.36. The number of nitrogens with zero attached hydrogens (tertiary/aromatic N) is 1. The van der Waals surface area contributed by atoms with Crippen molar-refractivity contribution in [1.82, 2.24) is 10.2 Å². The number of rotatable bonds is 7. The molecule has 0 aromatic heterocycles. The van der Waals surface area contributed by atoms with Crippen LogP contribution in [0.1, 0.15) is 60.9 Å². The summed E-state index contributed by atoms with van der Waals surface area (Å²) >= 11 is 0. The van der Waals surface area contributed by atoms with Crippen LogP contribution in [0.2, 0.25) is 0 Å². The van der Waals surface area contributed by atoms with Crippen LogP contribution < -0.4 is 10.1 Å². The fourth-order valence-corrected chi connectivity index (χ4v) is 5.49. The molecule has 1 heterocycles. The lowest BCUT2D eigenvalue weighted by Gasteiger charge is -2.39. The summed E-state index contributed by atoms with van der Waals surface area (Å²) in [5.41, 5.74) is 4.47. The zero-order chi connectivity index (χ0) is 24.9. The first-order valence-electron chi connectivity index (χ1n) is 13.1. The number of nitrogens with one attached hydrogen (secondary N) is 1. The number of fused-ring (bicyclic) bond motifs is 1. The van der Waals surface area contributed by atoms with E-state index in [1.54, 1.807) is 6.92 Å². The number of hydrogen-bond donors (Lipinski definition) is 1. The highest BCUT2D eigenvalue weighted by atomic mass is 16.5. The summed E-state index contributed by atoms with van der Waals surface area (Å²) in [6.45, 7) is 2.96. The number of benzene rings is 3. The zero-order valence-electron chi connectivity index (χ0n) is 20.9. The maximum atomic E-state index is 13.6. The molecule has 2 amide bonds. The maximum absolute atomic E-state index is 13.6. The minimum Gasteiger partial charge on any atom is -0.481 e. The molecule has 0 spiro atoms. The van der Waals surface area contributed by atoms with Crippen LogP contribution >= 0.6 is 0 Å². The van der Waals surface area contributed by atoms with Gasteiger partial charge in [-0.3, -0.25) is 9.59 Å². The van der Waals surface area contributed by atoms with Gasteiger partial charge < -0.3 is 15.0 Å². The Morgan fingerprint density at radius 1 is 0.972 bits per heavy atom. The minimum absolute atomic E-state index is 0.130. The van der Waals surface area contributed by atoms with Crippen molar-refractivity contribution in [2.45, 2.75) is 57.7 Å². The van der Waals surface area contributed by atoms with E-state index in [1.807, 2.05) is 60.7 Å². The molecule has 1 N–H and O–H groups in total. The third-order valence-corrected chi connectivity index (χ3v) is 7.44. The Bertz CT molecular complexity index is 1190. The summed E-state index contributed by atoms with van der Waals surface area (Å²) in [5, 5.41) is 2.95. The van der Waals surface area contributed by atoms with Gasteiger partial charge in [-0.2, -0.15) is 0 Å². The van der Waals surface area contributed by atoms with Crippen LogP contribution in [-0.4, -0.2) is 29.4 Å². The third-order valence-electron chi connectivity index (χ3n) is 7.44. The third kappa shape index (κ3) is 5.30. The molecule has 0 radical (unpaired) electrons.